The van der Waals surface area contributed by atoms with Gasteiger partial charge in [0.25, 0.3) is 0 Å². The van der Waals surface area contributed by atoms with Gasteiger partial charge in [0.15, 0.2) is 0 Å². The number of ether oxygens (including phenoxy) is 3. The van der Waals surface area contributed by atoms with Crippen molar-refractivity contribution in [2.24, 2.45) is 0 Å². The molecular weight excluding hydrogens is 579 g/mol. The Morgan fingerprint density at radius 2 is 1.56 bits per heavy atom. The maximum Gasteiger partial charge on any atom is 0.332 e. The number of fused-ring (bicyclic) bond motifs is 2. The van der Waals surface area contributed by atoms with E-state index in [0.29, 0.717) is 12.8 Å². The van der Waals surface area contributed by atoms with Gasteiger partial charge in [-0.25, -0.2) is 18.0 Å². The minimum Gasteiger partial charge on any atom is -0.489 e. The molecule has 1 aliphatic heterocycles. The van der Waals surface area contributed by atoms with Crippen LogP contribution in [0, 0.1) is 11.6 Å². The van der Waals surface area contributed by atoms with E-state index in [2.05, 4.69) is 6.07 Å². The van der Waals surface area contributed by atoms with Crippen LogP contribution >= 0.6 is 0 Å². The second kappa shape index (κ2) is 13.0. The van der Waals surface area contributed by atoms with Crippen molar-refractivity contribution in [1.29, 1.82) is 0 Å². The first-order chi connectivity index (χ1) is 21.2. The first-order valence-electron chi connectivity index (χ1n) is 15.4. The van der Waals surface area contributed by atoms with Crippen LogP contribution in [-0.2, 0) is 33.9 Å². The molecule has 5 nitrogen and oxygen atoms in total. The molecule has 45 heavy (non-hydrogen) atoms. The molecule has 0 amide bonds. The molecule has 240 valence electrons. The van der Waals surface area contributed by atoms with Crippen molar-refractivity contribution < 1.29 is 32.2 Å². The molecule has 2 aliphatic rings. The third kappa shape index (κ3) is 7.97. The van der Waals surface area contributed by atoms with Gasteiger partial charge in [0.05, 0.1) is 12.6 Å². The number of nitrogens with zero attached hydrogens (tertiary/aromatic N) is 1. The highest BCUT2D eigenvalue weighted by Gasteiger charge is 2.43. The normalized spacial score (nSPS) is 18.5. The smallest absolute Gasteiger partial charge is 0.332 e. The summed E-state index contributed by atoms with van der Waals surface area (Å²) < 4.78 is 63.4. The van der Waals surface area contributed by atoms with Crippen LogP contribution < -0.4 is 4.74 Å². The third-order valence-electron chi connectivity index (χ3n) is 8.06. The second-order valence-electron chi connectivity index (χ2n) is 13.7. The number of halogens is 3. The van der Waals surface area contributed by atoms with E-state index in [9.17, 15) is 4.79 Å². The Hall–Kier alpha value is -3.62. The maximum absolute atomic E-state index is 15.9. The highest BCUT2D eigenvalue weighted by Crippen LogP contribution is 2.50. The molecule has 0 fully saturated rings. The summed E-state index contributed by atoms with van der Waals surface area (Å²) in [4.78, 5) is 13.7. The van der Waals surface area contributed by atoms with Gasteiger partial charge in [-0.3, -0.25) is 4.90 Å². The summed E-state index contributed by atoms with van der Waals surface area (Å²) in [6.07, 6.45) is 1.27. The summed E-state index contributed by atoms with van der Waals surface area (Å²) in [6, 6.07) is 17.0. The zero-order valence-corrected chi connectivity index (χ0v) is 26.9. The lowest BCUT2D eigenvalue weighted by Gasteiger charge is -2.44. The quantitative estimate of drug-likeness (QED) is 0.213. The molecule has 0 saturated heterocycles. The Kier molecular flexibility index (Phi) is 9.47. The molecule has 8 heteroatoms. The lowest BCUT2D eigenvalue weighted by atomic mass is 9.84. The molecule has 3 aromatic rings. The fourth-order valence-corrected chi connectivity index (χ4v) is 6.27. The average molecular weight is 622 g/mol. The Labute approximate surface area is 264 Å². The second-order valence-corrected chi connectivity index (χ2v) is 13.7. The molecular formula is C37H42F3NO4. The summed E-state index contributed by atoms with van der Waals surface area (Å²) in [7, 11) is 0. The van der Waals surface area contributed by atoms with E-state index in [4.69, 9.17) is 14.2 Å². The Morgan fingerprint density at radius 3 is 2.18 bits per heavy atom. The van der Waals surface area contributed by atoms with Crippen LogP contribution in [0.5, 0.6) is 5.75 Å². The van der Waals surface area contributed by atoms with Gasteiger partial charge in [-0.2, -0.15) is 0 Å². The predicted octanol–water partition coefficient (Wildman–Crippen LogP) is 8.30. The van der Waals surface area contributed by atoms with Crippen molar-refractivity contribution in [1.82, 2.24) is 4.90 Å². The molecule has 3 aromatic carbocycles. The topological polar surface area (TPSA) is 48.0 Å². The van der Waals surface area contributed by atoms with E-state index in [1.807, 2.05) is 54.3 Å². The summed E-state index contributed by atoms with van der Waals surface area (Å²) in [5, 5.41) is 0. The molecule has 1 heterocycles. The fourth-order valence-electron chi connectivity index (χ4n) is 6.27. The number of carbonyl (C=O) groups excluding carboxylic acids is 1. The molecule has 5 rings (SSSR count). The summed E-state index contributed by atoms with van der Waals surface area (Å²) in [6.45, 7) is 10.6. The van der Waals surface area contributed by atoms with Crippen molar-refractivity contribution in [3.8, 4) is 5.75 Å². The van der Waals surface area contributed by atoms with Crippen LogP contribution in [0.4, 0.5) is 13.2 Å². The molecule has 0 unspecified atom stereocenters. The van der Waals surface area contributed by atoms with Crippen molar-refractivity contribution in [2.75, 3.05) is 13.2 Å². The van der Waals surface area contributed by atoms with E-state index >= 15 is 13.2 Å². The predicted molar refractivity (Wildman–Crippen MR) is 168 cm³/mol. The highest BCUT2D eigenvalue weighted by atomic mass is 19.1. The summed E-state index contributed by atoms with van der Waals surface area (Å²) in [5.74, 6) is -1.79. The lowest BCUT2D eigenvalue weighted by molar-refractivity contribution is -0.160. The largest absolute Gasteiger partial charge is 0.489 e. The molecule has 0 saturated carbocycles. The molecule has 1 aliphatic carbocycles. The van der Waals surface area contributed by atoms with Crippen LogP contribution in [0.2, 0.25) is 0 Å². The molecule has 0 bridgehead atoms. The van der Waals surface area contributed by atoms with Crippen LogP contribution in [0.1, 0.15) is 81.8 Å². The van der Waals surface area contributed by atoms with Gasteiger partial charge in [-0.05, 0) is 87.8 Å². The van der Waals surface area contributed by atoms with E-state index in [1.165, 1.54) is 26.0 Å². The number of carbonyl (C=O) groups is 1. The minimum absolute atomic E-state index is 0.0468. The number of esters is 1. The molecule has 0 aromatic heterocycles. The summed E-state index contributed by atoms with van der Waals surface area (Å²) in [5.41, 5.74) is 3.74. The monoisotopic (exact) mass is 621 g/mol. The maximum atomic E-state index is 15.9. The van der Waals surface area contributed by atoms with Gasteiger partial charge in [0, 0.05) is 30.3 Å². The Bertz CT molecular complexity index is 1550. The molecule has 0 radical (unpaired) electrons. The summed E-state index contributed by atoms with van der Waals surface area (Å²) >= 11 is 0. The number of alkyl halides is 1. The van der Waals surface area contributed by atoms with E-state index < -0.39 is 34.9 Å². The Morgan fingerprint density at radius 1 is 0.933 bits per heavy atom. The van der Waals surface area contributed by atoms with E-state index in [-0.39, 0.29) is 43.7 Å². The van der Waals surface area contributed by atoms with Crippen molar-refractivity contribution in [3.63, 3.8) is 0 Å². The van der Waals surface area contributed by atoms with Gasteiger partial charge in [0.2, 0.25) is 0 Å². The molecule has 0 N–H and O–H groups in total. The zero-order chi connectivity index (χ0) is 32.5. The van der Waals surface area contributed by atoms with Crippen molar-refractivity contribution >= 4 is 11.5 Å². The number of benzene rings is 3. The number of hydrogen-bond donors (Lipinski definition) is 0. The van der Waals surface area contributed by atoms with Crippen molar-refractivity contribution in [2.45, 2.75) is 91.0 Å². The van der Waals surface area contributed by atoms with Gasteiger partial charge >= 0.3 is 5.97 Å². The fraction of sp³-hybridized carbons (Fsp3) is 0.432. The SMILES string of the molecule is C[C@@H]1CC2=C(Cc3ccccc32)[C@@H](c2c(F)cc(OCc3ccc(COCC(=O)OC(C)(C)C)cc3)cc2F)N1CC(C)(C)F. The van der Waals surface area contributed by atoms with Crippen LogP contribution in [0.15, 0.2) is 66.2 Å². The van der Waals surface area contributed by atoms with E-state index in [1.54, 1.807) is 20.8 Å². The number of hydrogen-bond acceptors (Lipinski definition) is 5. The van der Waals surface area contributed by atoms with Crippen molar-refractivity contribution in [3.05, 3.63) is 106 Å². The van der Waals surface area contributed by atoms with Crippen LogP contribution in [-0.4, -0.2) is 41.3 Å². The number of rotatable bonds is 10. The van der Waals surface area contributed by atoms with Gasteiger partial charge < -0.3 is 14.2 Å². The highest BCUT2D eigenvalue weighted by molar-refractivity contribution is 5.79. The van der Waals surface area contributed by atoms with Crippen LogP contribution in [0.3, 0.4) is 0 Å². The Balaban J connectivity index is 1.30. The standard InChI is InChI=1S/C37H42F3NO4/c1-23-15-29-28-10-8-7-9-26(28)16-30(29)35(41(23)22-37(5,6)40)34-31(38)17-27(18-32(34)39)44-20-25-13-11-24(12-14-25)19-43-21-33(42)45-36(2,3)4/h7-14,17-18,23,35H,15-16,19-22H2,1-6H3/t23-,35+/m1/s1. The van der Waals surface area contributed by atoms with Crippen LogP contribution in [0.25, 0.3) is 5.57 Å². The van der Waals surface area contributed by atoms with Gasteiger partial charge in [-0.1, -0.05) is 48.5 Å². The lowest BCUT2D eigenvalue weighted by Crippen LogP contribution is -2.47. The first-order valence-corrected chi connectivity index (χ1v) is 15.4. The molecule has 0 spiro atoms. The molecule has 2 atom stereocenters. The third-order valence-corrected chi connectivity index (χ3v) is 8.06. The first kappa shape index (κ1) is 32.8. The average Bonchev–Trinajstić information content (AvgIpc) is 3.30. The van der Waals surface area contributed by atoms with Gasteiger partial charge in [0.1, 0.15) is 41.9 Å². The minimum atomic E-state index is -1.55. The zero-order valence-electron chi connectivity index (χ0n) is 26.9. The van der Waals surface area contributed by atoms with Gasteiger partial charge in [-0.15, -0.1) is 0 Å². The van der Waals surface area contributed by atoms with E-state index in [0.717, 1.165) is 33.4 Å².